The molecule has 8 aromatic rings. The highest BCUT2D eigenvalue weighted by Gasteiger charge is 2.59. The summed E-state index contributed by atoms with van der Waals surface area (Å²) in [6.45, 7) is -1.58. The number of carbonyl (C=O) groups is 8. The molecule has 2 aliphatic rings. The van der Waals surface area contributed by atoms with Crippen LogP contribution in [0.2, 0.25) is 0 Å². The SMILES string of the molecule is O=C(OC[C@H]1O[C@@H](O[C@H]2[C@H](OC(=O)c3ccccc3)[C@H](OC(=O)c3ccccc3)[C@@H](OC(=O)c3ccccc3)O[C@@H]2COC(=O)c2ccccc2)[C@@H](OC(=O)c2ccccc2)[C@@H](OC(=O)c2ccccc2)[C@H]1OC(=O)c1ccccc1)c1ccccc1. The van der Waals surface area contributed by atoms with E-state index in [0.717, 1.165) is 0 Å². The maximum atomic E-state index is 14.7. The van der Waals surface area contributed by atoms with Crippen LogP contribution in [0.5, 0.6) is 0 Å². The fourth-order valence-corrected chi connectivity index (χ4v) is 9.42. The van der Waals surface area contributed by atoms with E-state index < -0.39 is 122 Å². The summed E-state index contributed by atoms with van der Waals surface area (Å²) in [6, 6.07) is 61.7. The standard InChI is InChI=1S/C68H54O19/c69-59(43-25-9-1-10-26-43)77-41-51-53(81-61(71)45-29-13-3-14-30-45)55(82-62(72)46-31-15-4-16-32-46)57(84-64(74)48-35-19-6-20-36-48)67(79-51)86-54-52(42-78-60(70)44-27-11-2-12-28-44)80-68(87-66(76)50-39-23-8-24-40-50)58(85-65(75)49-37-21-7-22-38-49)56(54)83-63(73)47-33-17-5-18-34-47/h1-40,51-58,67-68H,41-42H2/t51-,52-,53+,54-,55+,56+,57+,58+,67+,68-/m1/s1. The van der Waals surface area contributed by atoms with Gasteiger partial charge in [0.15, 0.2) is 30.7 Å². The molecule has 0 N–H and O–H groups in total. The third kappa shape index (κ3) is 15.2. The molecule has 0 aromatic heterocycles. The second-order valence-corrected chi connectivity index (χ2v) is 19.6. The Balaban J connectivity index is 1.14. The summed E-state index contributed by atoms with van der Waals surface area (Å²) >= 11 is 0. The molecule has 8 aromatic carbocycles. The fourth-order valence-electron chi connectivity index (χ4n) is 9.42. The van der Waals surface area contributed by atoms with Gasteiger partial charge in [-0.2, -0.15) is 0 Å². The van der Waals surface area contributed by atoms with Crippen LogP contribution < -0.4 is 0 Å². The number of carbonyl (C=O) groups excluding carboxylic acids is 8. The molecule has 19 nitrogen and oxygen atoms in total. The molecule has 2 fully saturated rings. The van der Waals surface area contributed by atoms with Crippen molar-refractivity contribution in [1.29, 1.82) is 0 Å². The zero-order valence-corrected chi connectivity index (χ0v) is 46.0. The lowest BCUT2D eigenvalue weighted by Crippen LogP contribution is -2.67. The molecule has 10 atom stereocenters. The molecular formula is C68H54O19. The highest BCUT2D eigenvalue weighted by molar-refractivity contribution is 5.93. The molecule has 0 unspecified atom stereocenters. The van der Waals surface area contributed by atoms with Crippen molar-refractivity contribution in [1.82, 2.24) is 0 Å². The highest BCUT2D eigenvalue weighted by Crippen LogP contribution is 2.37. The van der Waals surface area contributed by atoms with Crippen LogP contribution >= 0.6 is 0 Å². The Kier molecular flexibility index (Phi) is 19.7. The molecule has 10 rings (SSSR count). The summed E-state index contributed by atoms with van der Waals surface area (Å²) in [5.41, 5.74) is 0.168. The van der Waals surface area contributed by atoms with E-state index >= 15 is 0 Å². The molecule has 440 valence electrons. The van der Waals surface area contributed by atoms with Crippen LogP contribution in [0.4, 0.5) is 0 Å². The summed E-state index contributed by atoms with van der Waals surface area (Å²) < 4.78 is 69.7. The minimum atomic E-state index is -2.13. The van der Waals surface area contributed by atoms with Crippen molar-refractivity contribution < 1.29 is 90.5 Å². The number of esters is 8. The number of rotatable bonds is 20. The molecule has 0 spiro atoms. The van der Waals surface area contributed by atoms with Crippen molar-refractivity contribution >= 4 is 47.8 Å². The van der Waals surface area contributed by atoms with E-state index in [0.29, 0.717) is 0 Å². The van der Waals surface area contributed by atoms with Gasteiger partial charge in [-0.05, 0) is 97.1 Å². The molecular weight excluding hydrogens is 1120 g/mol. The van der Waals surface area contributed by atoms with Crippen molar-refractivity contribution in [2.24, 2.45) is 0 Å². The van der Waals surface area contributed by atoms with Crippen LogP contribution in [0.1, 0.15) is 82.9 Å². The Morgan fingerprint density at radius 3 is 0.770 bits per heavy atom. The van der Waals surface area contributed by atoms with Crippen molar-refractivity contribution in [2.75, 3.05) is 13.2 Å². The van der Waals surface area contributed by atoms with Gasteiger partial charge in [0, 0.05) is 0 Å². The molecule has 0 aliphatic carbocycles. The van der Waals surface area contributed by atoms with Gasteiger partial charge in [-0.25, -0.2) is 38.4 Å². The third-order valence-electron chi connectivity index (χ3n) is 13.7. The molecule has 2 heterocycles. The maximum absolute atomic E-state index is 14.7. The summed E-state index contributed by atoms with van der Waals surface area (Å²) in [6.07, 6.45) is -19.4. The second-order valence-electron chi connectivity index (χ2n) is 19.6. The van der Waals surface area contributed by atoms with Crippen molar-refractivity contribution in [3.05, 3.63) is 287 Å². The minimum absolute atomic E-state index is 0.00860. The first-order valence-corrected chi connectivity index (χ1v) is 27.4. The molecule has 0 radical (unpaired) electrons. The van der Waals surface area contributed by atoms with E-state index in [2.05, 4.69) is 0 Å². The van der Waals surface area contributed by atoms with Gasteiger partial charge >= 0.3 is 47.8 Å². The van der Waals surface area contributed by atoms with Crippen LogP contribution in [-0.2, 0) is 52.1 Å². The highest BCUT2D eigenvalue weighted by atomic mass is 16.8. The zero-order valence-electron chi connectivity index (χ0n) is 46.0. The molecule has 0 amide bonds. The number of hydrogen-bond donors (Lipinski definition) is 0. The van der Waals surface area contributed by atoms with E-state index in [4.69, 9.17) is 52.1 Å². The fraction of sp³-hybridized carbons (Fsp3) is 0.176. The van der Waals surface area contributed by atoms with Crippen LogP contribution in [0, 0.1) is 0 Å². The topological polar surface area (TPSA) is 238 Å². The lowest BCUT2D eigenvalue weighted by Gasteiger charge is -2.48. The first-order chi connectivity index (χ1) is 42.5. The predicted octanol–water partition coefficient (Wildman–Crippen LogP) is 9.52. The van der Waals surface area contributed by atoms with E-state index in [1.807, 2.05) is 0 Å². The smallest absolute Gasteiger partial charge is 0.340 e. The van der Waals surface area contributed by atoms with E-state index in [1.165, 1.54) is 97.1 Å². The molecule has 2 aliphatic heterocycles. The first-order valence-electron chi connectivity index (χ1n) is 27.4. The van der Waals surface area contributed by atoms with Gasteiger partial charge < -0.3 is 52.1 Å². The average Bonchev–Trinajstić information content (AvgIpc) is 3.65. The van der Waals surface area contributed by atoms with Crippen molar-refractivity contribution in [3.8, 4) is 0 Å². The normalized spacial score (nSPS) is 21.3. The van der Waals surface area contributed by atoms with Crippen LogP contribution in [0.15, 0.2) is 243 Å². The monoisotopic (exact) mass is 1170 g/mol. The van der Waals surface area contributed by atoms with Crippen LogP contribution in [0.3, 0.4) is 0 Å². The Morgan fingerprint density at radius 1 is 0.241 bits per heavy atom. The predicted molar refractivity (Wildman–Crippen MR) is 306 cm³/mol. The summed E-state index contributed by atoms with van der Waals surface area (Å²) in [7, 11) is 0. The summed E-state index contributed by atoms with van der Waals surface area (Å²) in [4.78, 5) is 115. The first kappa shape index (κ1) is 59.6. The largest absolute Gasteiger partial charge is 0.459 e. The summed E-state index contributed by atoms with van der Waals surface area (Å²) in [5.74, 6) is -7.88. The van der Waals surface area contributed by atoms with Gasteiger partial charge in [0.25, 0.3) is 0 Å². The zero-order chi connectivity index (χ0) is 60.5. The third-order valence-corrected chi connectivity index (χ3v) is 13.7. The Hall–Kier alpha value is -10.6. The van der Waals surface area contributed by atoms with Gasteiger partial charge in [-0.15, -0.1) is 0 Å². The van der Waals surface area contributed by atoms with E-state index in [9.17, 15) is 38.4 Å². The van der Waals surface area contributed by atoms with Gasteiger partial charge in [0.1, 0.15) is 31.5 Å². The van der Waals surface area contributed by atoms with Crippen LogP contribution in [-0.4, -0.2) is 122 Å². The quantitative estimate of drug-likeness (QED) is 0.0510. The van der Waals surface area contributed by atoms with Crippen LogP contribution in [0.25, 0.3) is 0 Å². The van der Waals surface area contributed by atoms with E-state index in [1.54, 1.807) is 146 Å². The lowest BCUT2D eigenvalue weighted by molar-refractivity contribution is -0.351. The number of hydrogen-bond acceptors (Lipinski definition) is 19. The van der Waals surface area contributed by atoms with Gasteiger partial charge in [0.05, 0.1) is 44.5 Å². The Labute approximate surface area is 498 Å². The molecule has 87 heavy (non-hydrogen) atoms. The molecule has 2 saturated heterocycles. The number of ether oxygens (including phenoxy) is 11. The van der Waals surface area contributed by atoms with Gasteiger partial charge in [-0.3, -0.25) is 0 Å². The molecule has 0 saturated carbocycles. The van der Waals surface area contributed by atoms with Crippen molar-refractivity contribution in [3.63, 3.8) is 0 Å². The molecule has 19 heteroatoms. The maximum Gasteiger partial charge on any atom is 0.340 e. The van der Waals surface area contributed by atoms with Gasteiger partial charge in [0.2, 0.25) is 12.4 Å². The van der Waals surface area contributed by atoms with Crippen molar-refractivity contribution in [2.45, 2.75) is 61.4 Å². The Morgan fingerprint density at radius 2 is 0.460 bits per heavy atom. The summed E-state index contributed by atoms with van der Waals surface area (Å²) in [5, 5.41) is 0. The lowest BCUT2D eigenvalue weighted by atomic mass is 9.95. The Bertz CT molecular complexity index is 3620. The molecule has 0 bridgehead atoms. The van der Waals surface area contributed by atoms with E-state index in [-0.39, 0.29) is 44.5 Å². The number of benzene rings is 8. The second kappa shape index (κ2) is 28.8. The van der Waals surface area contributed by atoms with Gasteiger partial charge in [-0.1, -0.05) is 146 Å². The minimum Gasteiger partial charge on any atom is -0.459 e. The average molecular weight is 1180 g/mol.